The van der Waals surface area contributed by atoms with Gasteiger partial charge < -0.3 is 10.2 Å². The zero-order valence-corrected chi connectivity index (χ0v) is 16.7. The SMILES string of the molecule is O=C(Nc1cccc(Cl)c1)c1nnc(C2CCCN2C(=O)c2cccc(F)c2)s1. The number of anilines is 1. The summed E-state index contributed by atoms with van der Waals surface area (Å²) in [7, 11) is 0. The van der Waals surface area contributed by atoms with Gasteiger partial charge in [-0.1, -0.05) is 35.1 Å². The summed E-state index contributed by atoms with van der Waals surface area (Å²) >= 11 is 7.08. The van der Waals surface area contributed by atoms with Crippen molar-refractivity contribution >= 4 is 40.4 Å². The molecule has 1 saturated heterocycles. The molecule has 1 aromatic heterocycles. The van der Waals surface area contributed by atoms with Crippen LogP contribution in [0.25, 0.3) is 0 Å². The second-order valence-electron chi connectivity index (χ2n) is 6.58. The van der Waals surface area contributed by atoms with Crippen molar-refractivity contribution in [1.29, 1.82) is 0 Å². The second kappa shape index (κ2) is 8.26. The van der Waals surface area contributed by atoms with E-state index in [-0.39, 0.29) is 17.0 Å². The fourth-order valence-corrected chi connectivity index (χ4v) is 4.34. The molecular formula is C20H16ClFN4O2S. The van der Waals surface area contributed by atoms with E-state index >= 15 is 0 Å². The Morgan fingerprint density at radius 2 is 2.00 bits per heavy atom. The van der Waals surface area contributed by atoms with Crippen LogP contribution in [0.2, 0.25) is 5.02 Å². The molecule has 9 heteroatoms. The first-order valence-electron chi connectivity index (χ1n) is 8.98. The quantitative estimate of drug-likeness (QED) is 0.658. The lowest BCUT2D eigenvalue weighted by molar-refractivity contribution is 0.0734. The predicted octanol–water partition coefficient (Wildman–Crippen LogP) is 4.56. The van der Waals surface area contributed by atoms with Gasteiger partial charge in [0.05, 0.1) is 6.04 Å². The minimum atomic E-state index is -0.456. The first-order valence-corrected chi connectivity index (χ1v) is 10.2. The van der Waals surface area contributed by atoms with Gasteiger partial charge in [0.1, 0.15) is 10.8 Å². The first kappa shape index (κ1) is 19.5. The van der Waals surface area contributed by atoms with Gasteiger partial charge in [-0.05, 0) is 49.2 Å². The molecule has 1 unspecified atom stereocenters. The summed E-state index contributed by atoms with van der Waals surface area (Å²) in [5.41, 5.74) is 0.850. The van der Waals surface area contributed by atoms with Gasteiger partial charge in [-0.15, -0.1) is 10.2 Å². The van der Waals surface area contributed by atoms with Gasteiger partial charge in [0, 0.05) is 22.8 Å². The van der Waals surface area contributed by atoms with Crippen LogP contribution in [0.3, 0.4) is 0 Å². The van der Waals surface area contributed by atoms with Crippen LogP contribution in [-0.4, -0.2) is 33.5 Å². The topological polar surface area (TPSA) is 75.2 Å². The van der Waals surface area contributed by atoms with Crippen molar-refractivity contribution in [2.24, 2.45) is 0 Å². The zero-order chi connectivity index (χ0) is 20.4. The molecule has 0 radical (unpaired) electrons. The van der Waals surface area contributed by atoms with E-state index < -0.39 is 11.7 Å². The molecule has 1 N–H and O–H groups in total. The molecule has 0 aliphatic carbocycles. The van der Waals surface area contributed by atoms with E-state index in [1.807, 2.05) is 0 Å². The van der Waals surface area contributed by atoms with E-state index in [4.69, 9.17) is 11.6 Å². The zero-order valence-electron chi connectivity index (χ0n) is 15.1. The van der Waals surface area contributed by atoms with Gasteiger partial charge in [0.25, 0.3) is 11.8 Å². The Hall–Kier alpha value is -2.84. The Kier molecular flexibility index (Phi) is 5.55. The molecule has 1 aliphatic rings. The number of aromatic nitrogens is 2. The van der Waals surface area contributed by atoms with Crippen LogP contribution in [0.5, 0.6) is 0 Å². The van der Waals surface area contributed by atoms with Crippen molar-refractivity contribution in [3.63, 3.8) is 0 Å². The summed E-state index contributed by atoms with van der Waals surface area (Å²) in [6.07, 6.45) is 1.51. The third kappa shape index (κ3) is 4.28. The molecule has 1 atom stereocenters. The smallest absolute Gasteiger partial charge is 0.286 e. The number of nitrogens with zero attached hydrogens (tertiary/aromatic N) is 3. The first-order chi connectivity index (χ1) is 14.0. The highest BCUT2D eigenvalue weighted by Gasteiger charge is 2.33. The molecule has 0 saturated carbocycles. The van der Waals surface area contributed by atoms with E-state index in [2.05, 4.69) is 15.5 Å². The largest absolute Gasteiger partial charge is 0.329 e. The fraction of sp³-hybridized carbons (Fsp3) is 0.200. The fourth-order valence-electron chi connectivity index (χ4n) is 3.27. The lowest BCUT2D eigenvalue weighted by Gasteiger charge is -2.22. The minimum absolute atomic E-state index is 0.199. The van der Waals surface area contributed by atoms with Crippen molar-refractivity contribution in [1.82, 2.24) is 15.1 Å². The highest BCUT2D eigenvalue weighted by Crippen LogP contribution is 2.35. The standard InChI is InChI=1S/C20H16ClFN4O2S/c21-13-5-2-7-15(11-13)23-17(27)19-25-24-18(29-19)16-8-3-9-26(16)20(28)12-4-1-6-14(22)10-12/h1-2,4-7,10-11,16H,3,8-9H2,(H,23,27). The van der Waals surface area contributed by atoms with E-state index in [1.165, 1.54) is 18.2 Å². The van der Waals surface area contributed by atoms with Crippen LogP contribution in [0.4, 0.5) is 10.1 Å². The average molecular weight is 431 g/mol. The number of carbonyl (C=O) groups excluding carboxylic acids is 2. The number of hydrogen-bond donors (Lipinski definition) is 1. The average Bonchev–Trinajstić information content (AvgIpc) is 3.37. The van der Waals surface area contributed by atoms with E-state index in [1.54, 1.807) is 35.2 Å². The number of hydrogen-bond acceptors (Lipinski definition) is 5. The van der Waals surface area contributed by atoms with E-state index in [9.17, 15) is 14.0 Å². The Morgan fingerprint density at radius 1 is 1.17 bits per heavy atom. The molecule has 0 spiro atoms. The highest BCUT2D eigenvalue weighted by molar-refractivity contribution is 7.13. The Morgan fingerprint density at radius 3 is 2.79 bits per heavy atom. The Bertz CT molecular complexity index is 1070. The molecule has 1 aliphatic heterocycles. The van der Waals surface area contributed by atoms with Crippen LogP contribution in [0.1, 0.15) is 44.1 Å². The number of rotatable bonds is 4. The highest BCUT2D eigenvalue weighted by atomic mass is 35.5. The lowest BCUT2D eigenvalue weighted by Crippen LogP contribution is -2.30. The summed E-state index contributed by atoms with van der Waals surface area (Å²) in [5.74, 6) is -1.10. The van der Waals surface area contributed by atoms with Gasteiger partial charge in [0.15, 0.2) is 0 Å². The maximum absolute atomic E-state index is 13.5. The second-order valence-corrected chi connectivity index (χ2v) is 8.02. The van der Waals surface area contributed by atoms with Crippen LogP contribution in [-0.2, 0) is 0 Å². The van der Waals surface area contributed by atoms with Crippen molar-refractivity contribution in [3.8, 4) is 0 Å². The number of benzene rings is 2. The monoisotopic (exact) mass is 430 g/mol. The van der Waals surface area contributed by atoms with Crippen molar-refractivity contribution in [3.05, 3.63) is 74.9 Å². The molecule has 2 heterocycles. The van der Waals surface area contributed by atoms with E-state index in [0.29, 0.717) is 34.2 Å². The van der Waals surface area contributed by atoms with Crippen molar-refractivity contribution in [2.45, 2.75) is 18.9 Å². The van der Waals surface area contributed by atoms with Crippen LogP contribution >= 0.6 is 22.9 Å². The van der Waals surface area contributed by atoms with Crippen LogP contribution in [0, 0.1) is 5.82 Å². The number of nitrogens with one attached hydrogen (secondary N) is 1. The molecule has 2 aromatic carbocycles. The maximum Gasteiger partial charge on any atom is 0.286 e. The van der Waals surface area contributed by atoms with Crippen LogP contribution in [0.15, 0.2) is 48.5 Å². The molecule has 0 bridgehead atoms. The molecule has 1 fully saturated rings. The molecule has 4 rings (SSSR count). The van der Waals surface area contributed by atoms with Gasteiger partial charge >= 0.3 is 0 Å². The van der Waals surface area contributed by atoms with Crippen molar-refractivity contribution in [2.75, 3.05) is 11.9 Å². The van der Waals surface area contributed by atoms with Gasteiger partial charge in [-0.2, -0.15) is 0 Å². The summed E-state index contributed by atoms with van der Waals surface area (Å²) in [5, 5.41) is 12.2. The maximum atomic E-state index is 13.5. The number of halogens is 2. The lowest BCUT2D eigenvalue weighted by atomic mass is 10.1. The normalized spacial score (nSPS) is 16.1. The van der Waals surface area contributed by atoms with Gasteiger partial charge in [-0.3, -0.25) is 9.59 Å². The third-order valence-corrected chi connectivity index (χ3v) is 5.85. The van der Waals surface area contributed by atoms with E-state index in [0.717, 1.165) is 17.8 Å². The molecule has 6 nitrogen and oxygen atoms in total. The summed E-state index contributed by atoms with van der Waals surface area (Å²) < 4.78 is 13.5. The summed E-state index contributed by atoms with van der Waals surface area (Å²) in [4.78, 5) is 26.9. The number of amides is 2. The molecule has 2 amide bonds. The molecular weight excluding hydrogens is 415 g/mol. The Balaban J connectivity index is 1.50. The minimum Gasteiger partial charge on any atom is -0.329 e. The predicted molar refractivity (Wildman–Crippen MR) is 109 cm³/mol. The number of likely N-dealkylation sites (tertiary alicyclic amines) is 1. The van der Waals surface area contributed by atoms with Gasteiger partial charge in [-0.25, -0.2) is 4.39 Å². The number of carbonyl (C=O) groups is 2. The van der Waals surface area contributed by atoms with Crippen molar-refractivity contribution < 1.29 is 14.0 Å². The molecule has 3 aromatic rings. The summed E-state index contributed by atoms with van der Waals surface area (Å²) in [6, 6.07) is 12.1. The Labute approximate surface area is 175 Å². The van der Waals surface area contributed by atoms with Crippen LogP contribution < -0.4 is 5.32 Å². The third-order valence-electron chi connectivity index (χ3n) is 4.59. The molecule has 148 valence electrons. The molecule has 29 heavy (non-hydrogen) atoms. The summed E-state index contributed by atoms with van der Waals surface area (Å²) in [6.45, 7) is 0.545. The van der Waals surface area contributed by atoms with Gasteiger partial charge in [0.2, 0.25) is 5.01 Å².